The minimum Gasteiger partial charge on any atom is -0.468 e. The number of amides is 2. The molecule has 0 bridgehead atoms. The first-order chi connectivity index (χ1) is 11.5. The molecule has 0 spiro atoms. The summed E-state index contributed by atoms with van der Waals surface area (Å²) < 4.78 is 4.66. The van der Waals surface area contributed by atoms with Gasteiger partial charge in [0.15, 0.2) is 0 Å². The van der Waals surface area contributed by atoms with Gasteiger partial charge in [-0.15, -0.1) is 0 Å². The summed E-state index contributed by atoms with van der Waals surface area (Å²) in [6.07, 6.45) is 0. The summed E-state index contributed by atoms with van der Waals surface area (Å²) in [7, 11) is 1.37. The summed E-state index contributed by atoms with van der Waals surface area (Å²) >= 11 is 0. The summed E-state index contributed by atoms with van der Waals surface area (Å²) in [4.78, 5) is 38.6. The lowest BCUT2D eigenvalue weighted by Gasteiger charge is -2.34. The number of carbonyl (C=O) groups excluding carboxylic acids is 3. The summed E-state index contributed by atoms with van der Waals surface area (Å²) in [6.45, 7) is 4.56. The fourth-order valence-corrected chi connectivity index (χ4v) is 2.58. The molecule has 1 aliphatic rings. The molecule has 0 aromatic heterocycles. The van der Waals surface area contributed by atoms with E-state index in [9.17, 15) is 14.4 Å². The fourth-order valence-electron chi connectivity index (χ4n) is 2.58. The van der Waals surface area contributed by atoms with E-state index in [1.807, 2.05) is 17.0 Å². The van der Waals surface area contributed by atoms with Gasteiger partial charge in [0.25, 0.3) is 5.91 Å². The monoisotopic (exact) mass is 333 g/mol. The molecule has 1 aliphatic heterocycles. The van der Waals surface area contributed by atoms with E-state index in [0.717, 1.165) is 5.56 Å². The number of ether oxygens (including phenoxy) is 1. The molecular formula is C17H23N3O4. The minimum atomic E-state index is -0.263. The van der Waals surface area contributed by atoms with Gasteiger partial charge in [-0.2, -0.15) is 0 Å². The first kappa shape index (κ1) is 17.9. The van der Waals surface area contributed by atoms with Crippen LogP contribution >= 0.6 is 0 Å². The van der Waals surface area contributed by atoms with Gasteiger partial charge in [0.2, 0.25) is 5.91 Å². The number of hydrogen-bond acceptors (Lipinski definition) is 5. The van der Waals surface area contributed by atoms with Gasteiger partial charge < -0.3 is 15.0 Å². The molecule has 1 aromatic rings. The van der Waals surface area contributed by atoms with Crippen LogP contribution in [-0.2, 0) is 20.9 Å². The average molecular weight is 333 g/mol. The van der Waals surface area contributed by atoms with E-state index in [1.54, 1.807) is 17.0 Å². The summed E-state index contributed by atoms with van der Waals surface area (Å²) in [6, 6.07) is 7.28. The van der Waals surface area contributed by atoms with Crippen LogP contribution in [0.5, 0.6) is 0 Å². The second kappa shape index (κ2) is 8.44. The Bertz CT molecular complexity index is 610. The van der Waals surface area contributed by atoms with Gasteiger partial charge in [-0.05, 0) is 17.7 Å². The zero-order valence-electron chi connectivity index (χ0n) is 14.1. The van der Waals surface area contributed by atoms with Crippen LogP contribution < -0.4 is 5.32 Å². The lowest BCUT2D eigenvalue weighted by molar-refractivity contribution is -0.142. The Morgan fingerprint density at radius 2 is 1.88 bits per heavy atom. The number of piperazine rings is 1. The number of hydrogen-bond donors (Lipinski definition) is 1. The van der Waals surface area contributed by atoms with Crippen molar-refractivity contribution in [3.63, 3.8) is 0 Å². The van der Waals surface area contributed by atoms with Gasteiger partial charge in [-0.1, -0.05) is 12.1 Å². The Balaban J connectivity index is 1.92. The van der Waals surface area contributed by atoms with Crippen molar-refractivity contribution in [2.45, 2.75) is 13.5 Å². The molecule has 2 amide bonds. The van der Waals surface area contributed by atoms with Crippen LogP contribution in [0.25, 0.3) is 0 Å². The highest BCUT2D eigenvalue weighted by Crippen LogP contribution is 2.11. The molecule has 1 N–H and O–H groups in total. The van der Waals surface area contributed by atoms with Crippen LogP contribution in [0.15, 0.2) is 24.3 Å². The molecular weight excluding hydrogens is 310 g/mol. The molecule has 7 heteroatoms. The van der Waals surface area contributed by atoms with Crippen LogP contribution in [-0.4, -0.2) is 67.4 Å². The normalized spacial score (nSPS) is 15.0. The third kappa shape index (κ3) is 5.06. The molecule has 0 saturated carbocycles. The topological polar surface area (TPSA) is 79.0 Å². The molecule has 24 heavy (non-hydrogen) atoms. The van der Waals surface area contributed by atoms with Crippen molar-refractivity contribution >= 4 is 17.8 Å². The molecule has 0 unspecified atom stereocenters. The molecule has 130 valence electrons. The number of rotatable bonds is 5. The van der Waals surface area contributed by atoms with E-state index in [0.29, 0.717) is 38.3 Å². The number of carbonyl (C=O) groups is 3. The van der Waals surface area contributed by atoms with Gasteiger partial charge in [-0.25, -0.2) is 0 Å². The first-order valence-electron chi connectivity index (χ1n) is 7.91. The second-order valence-corrected chi connectivity index (χ2v) is 5.75. The van der Waals surface area contributed by atoms with Crippen LogP contribution in [0.2, 0.25) is 0 Å². The molecule has 1 saturated heterocycles. The highest BCUT2D eigenvalue weighted by Gasteiger charge is 2.23. The molecule has 0 aliphatic carbocycles. The lowest BCUT2D eigenvalue weighted by Crippen LogP contribution is -2.50. The van der Waals surface area contributed by atoms with Crippen molar-refractivity contribution in [2.24, 2.45) is 0 Å². The maximum atomic E-state index is 12.6. The molecule has 0 radical (unpaired) electrons. The van der Waals surface area contributed by atoms with E-state index in [-0.39, 0.29) is 24.3 Å². The van der Waals surface area contributed by atoms with Crippen LogP contribution in [0.3, 0.4) is 0 Å². The van der Waals surface area contributed by atoms with Crippen LogP contribution in [0.4, 0.5) is 0 Å². The largest absolute Gasteiger partial charge is 0.468 e. The number of benzene rings is 1. The Kier molecular flexibility index (Phi) is 6.31. The van der Waals surface area contributed by atoms with Crippen molar-refractivity contribution in [1.82, 2.24) is 15.1 Å². The molecule has 2 rings (SSSR count). The van der Waals surface area contributed by atoms with Gasteiger partial charge in [0.1, 0.15) is 0 Å². The highest BCUT2D eigenvalue weighted by atomic mass is 16.5. The molecule has 0 atom stereocenters. The predicted octanol–water partition coefficient (Wildman–Crippen LogP) is 0.253. The highest BCUT2D eigenvalue weighted by molar-refractivity contribution is 5.94. The van der Waals surface area contributed by atoms with Crippen LogP contribution in [0.1, 0.15) is 22.8 Å². The third-order valence-electron chi connectivity index (χ3n) is 3.96. The maximum Gasteiger partial charge on any atom is 0.319 e. The van der Waals surface area contributed by atoms with E-state index < -0.39 is 0 Å². The molecule has 7 nitrogen and oxygen atoms in total. The minimum absolute atomic E-state index is 0.0302. The van der Waals surface area contributed by atoms with Crippen LogP contribution in [0, 0.1) is 0 Å². The van der Waals surface area contributed by atoms with E-state index in [1.165, 1.54) is 14.0 Å². The predicted molar refractivity (Wildman–Crippen MR) is 88.3 cm³/mol. The Hall–Kier alpha value is -2.41. The van der Waals surface area contributed by atoms with Crippen molar-refractivity contribution in [3.8, 4) is 0 Å². The summed E-state index contributed by atoms with van der Waals surface area (Å²) in [5, 5.41) is 2.72. The summed E-state index contributed by atoms with van der Waals surface area (Å²) in [5.41, 5.74) is 1.50. The number of methoxy groups -OCH3 is 1. The summed E-state index contributed by atoms with van der Waals surface area (Å²) in [5.74, 6) is -0.397. The zero-order chi connectivity index (χ0) is 17.5. The van der Waals surface area contributed by atoms with Crippen molar-refractivity contribution < 1.29 is 19.1 Å². The fraction of sp³-hybridized carbons (Fsp3) is 0.471. The van der Waals surface area contributed by atoms with Crippen molar-refractivity contribution in [1.29, 1.82) is 0 Å². The molecule has 1 aromatic carbocycles. The number of nitrogens with zero attached hydrogens (tertiary/aromatic N) is 2. The smallest absolute Gasteiger partial charge is 0.319 e. The lowest BCUT2D eigenvalue weighted by atomic mass is 10.1. The Morgan fingerprint density at radius 3 is 2.50 bits per heavy atom. The quantitative estimate of drug-likeness (QED) is 0.782. The zero-order valence-corrected chi connectivity index (χ0v) is 14.1. The standard InChI is InChI=1S/C17H23N3O4/c1-13(21)18-11-14-4-3-5-15(10-14)17(23)20-8-6-19(7-9-20)12-16(22)24-2/h3-5,10H,6-9,11-12H2,1-2H3,(H,18,21). The van der Waals surface area contributed by atoms with Crippen molar-refractivity contribution in [2.75, 3.05) is 39.8 Å². The maximum absolute atomic E-state index is 12.6. The first-order valence-corrected chi connectivity index (χ1v) is 7.91. The number of nitrogens with one attached hydrogen (secondary N) is 1. The van der Waals surface area contributed by atoms with Gasteiger partial charge >= 0.3 is 5.97 Å². The van der Waals surface area contributed by atoms with Gasteiger partial charge in [-0.3, -0.25) is 19.3 Å². The van der Waals surface area contributed by atoms with Crippen molar-refractivity contribution in [3.05, 3.63) is 35.4 Å². The van der Waals surface area contributed by atoms with Gasteiger partial charge in [0.05, 0.1) is 13.7 Å². The van der Waals surface area contributed by atoms with E-state index >= 15 is 0 Å². The van der Waals surface area contributed by atoms with E-state index in [2.05, 4.69) is 10.1 Å². The SMILES string of the molecule is COC(=O)CN1CCN(C(=O)c2cccc(CNC(C)=O)c2)CC1. The molecule has 1 fully saturated rings. The second-order valence-electron chi connectivity index (χ2n) is 5.75. The average Bonchev–Trinajstić information content (AvgIpc) is 2.60. The number of esters is 1. The Morgan fingerprint density at radius 1 is 1.17 bits per heavy atom. The third-order valence-corrected chi connectivity index (χ3v) is 3.96. The van der Waals surface area contributed by atoms with E-state index in [4.69, 9.17) is 0 Å². The Labute approximate surface area is 141 Å². The molecule has 1 heterocycles. The van der Waals surface area contributed by atoms with Gasteiger partial charge in [0, 0.05) is 45.2 Å².